The lowest BCUT2D eigenvalue weighted by Crippen LogP contribution is -2.54. The highest BCUT2D eigenvalue weighted by atomic mass is 33.2. The van der Waals surface area contributed by atoms with Crippen LogP contribution < -0.4 is 0 Å². The summed E-state index contributed by atoms with van der Waals surface area (Å²) in [5.41, 5.74) is 0.786. The van der Waals surface area contributed by atoms with Gasteiger partial charge >= 0.3 is 18.0 Å². The summed E-state index contributed by atoms with van der Waals surface area (Å²) in [6.45, 7) is 5.16. The van der Waals surface area contributed by atoms with Gasteiger partial charge in [0.25, 0.3) is 0 Å². The Labute approximate surface area is 157 Å². The predicted molar refractivity (Wildman–Crippen MR) is 92.7 cm³/mol. The van der Waals surface area contributed by atoms with Crippen LogP contribution in [0.3, 0.4) is 0 Å². The van der Waals surface area contributed by atoms with Crippen molar-refractivity contribution in [2.75, 3.05) is 13.7 Å². The van der Waals surface area contributed by atoms with E-state index in [2.05, 4.69) is 0 Å². The number of rotatable bonds is 5. The molecular weight excluding hydrogens is 400 g/mol. The molecule has 2 saturated heterocycles. The molecule has 2 aliphatic rings. The van der Waals surface area contributed by atoms with Gasteiger partial charge in [0.2, 0.25) is 0 Å². The van der Waals surface area contributed by atoms with Crippen LogP contribution in [0.2, 0.25) is 0 Å². The van der Waals surface area contributed by atoms with Gasteiger partial charge in [0, 0.05) is 7.11 Å². The molecule has 2 fully saturated rings. The highest BCUT2D eigenvalue weighted by Gasteiger charge is 2.54. The molecule has 1 aromatic rings. The number of hydrogen-bond donors (Lipinski definition) is 0. The van der Waals surface area contributed by atoms with Crippen molar-refractivity contribution >= 4 is 18.0 Å². The van der Waals surface area contributed by atoms with Gasteiger partial charge in [0.1, 0.15) is 12.2 Å². The van der Waals surface area contributed by atoms with E-state index in [1.54, 1.807) is 20.8 Å². The molecule has 27 heavy (non-hydrogen) atoms. The summed E-state index contributed by atoms with van der Waals surface area (Å²) < 4.78 is 77.3. The van der Waals surface area contributed by atoms with Crippen LogP contribution >= 0.6 is 0 Å². The first-order valence-corrected chi connectivity index (χ1v) is 11.6. The molecule has 9 nitrogen and oxygen atoms in total. The van der Waals surface area contributed by atoms with Crippen LogP contribution in [0, 0.1) is 6.92 Å². The first kappa shape index (κ1) is 20.6. The summed E-state index contributed by atoms with van der Waals surface area (Å²) in [7, 11) is -8.57. The lowest BCUT2D eigenvalue weighted by Gasteiger charge is -2.35. The monoisotopic (exact) mass is 422 g/mol. The minimum absolute atomic E-state index is 0.0945. The zero-order chi connectivity index (χ0) is 20.0. The second-order valence-electron chi connectivity index (χ2n) is 6.81. The fourth-order valence-electron chi connectivity index (χ4n) is 3.02. The molecule has 0 bridgehead atoms. The Morgan fingerprint density at radius 2 is 1.70 bits per heavy atom. The smallest absolute Gasteiger partial charge is 0.353 e. The van der Waals surface area contributed by atoms with Crippen molar-refractivity contribution in [1.29, 1.82) is 0 Å². The maximum Gasteiger partial charge on any atom is 0.380 e. The fraction of sp³-hybridized carbons (Fsp3) is 0.625. The van der Waals surface area contributed by atoms with Crippen LogP contribution in [0.4, 0.5) is 0 Å². The molecule has 0 saturated carbocycles. The van der Waals surface area contributed by atoms with Crippen molar-refractivity contribution in [2.45, 2.75) is 56.1 Å². The van der Waals surface area contributed by atoms with E-state index in [9.17, 15) is 16.8 Å². The lowest BCUT2D eigenvalue weighted by atomic mass is 10.1. The molecule has 11 heteroatoms. The molecule has 2 heterocycles. The number of fused-ring (bicyclic) bond motifs is 1. The fourth-order valence-corrected chi connectivity index (χ4v) is 5.93. The molecule has 0 aliphatic carbocycles. The number of methoxy groups -OCH3 is 1. The molecular formula is C16H22O9S2. The Hall–Kier alpha value is -1.08. The Morgan fingerprint density at radius 1 is 1.07 bits per heavy atom. The summed E-state index contributed by atoms with van der Waals surface area (Å²) in [6.07, 6.45) is -3.97. The second kappa shape index (κ2) is 7.07. The number of aryl methyl sites for hydroxylation is 1. The van der Waals surface area contributed by atoms with Crippen molar-refractivity contribution in [2.24, 2.45) is 0 Å². The maximum atomic E-state index is 12.6. The SMILES string of the molecule is CO[C@H]1OC[C@@H]2OC(C)(C)O[C@@H]2[C@H]1OS(=O)(=O)S(=O)(=O)c1ccc(C)cc1. The predicted octanol–water partition coefficient (Wildman–Crippen LogP) is 0.922. The van der Waals surface area contributed by atoms with Gasteiger partial charge in [-0.3, -0.25) is 0 Å². The van der Waals surface area contributed by atoms with Crippen molar-refractivity contribution < 1.29 is 40.0 Å². The van der Waals surface area contributed by atoms with Gasteiger partial charge in [-0.15, -0.1) is 0 Å². The largest absolute Gasteiger partial charge is 0.380 e. The third-order valence-electron chi connectivity index (χ3n) is 4.28. The van der Waals surface area contributed by atoms with Gasteiger partial charge in [-0.05, 0) is 32.9 Å². The Balaban J connectivity index is 1.91. The highest BCUT2D eigenvalue weighted by Crippen LogP contribution is 2.37. The molecule has 3 rings (SSSR count). The standard InChI is InChI=1S/C16H22O9S2/c1-10-5-7-11(8-6-10)26(17,18)27(19,20)25-14-13-12(9-22-15(14)21-4)23-16(2,3)24-13/h5-8,12-15H,9H2,1-4H3/t12-,13-,14+,15-/m0/s1. The summed E-state index contributed by atoms with van der Waals surface area (Å²) in [5.74, 6) is -0.997. The third kappa shape index (κ3) is 3.90. The Morgan fingerprint density at radius 3 is 2.30 bits per heavy atom. The number of benzene rings is 1. The molecule has 0 aromatic heterocycles. The van der Waals surface area contributed by atoms with Crippen molar-refractivity contribution in [3.8, 4) is 0 Å². The van der Waals surface area contributed by atoms with Crippen molar-refractivity contribution in [1.82, 2.24) is 0 Å². The van der Waals surface area contributed by atoms with Crippen LogP contribution in [0.25, 0.3) is 0 Å². The zero-order valence-corrected chi connectivity index (χ0v) is 16.9. The lowest BCUT2D eigenvalue weighted by molar-refractivity contribution is -0.232. The van der Waals surface area contributed by atoms with Crippen LogP contribution in [0.5, 0.6) is 0 Å². The van der Waals surface area contributed by atoms with Crippen LogP contribution in [-0.4, -0.2) is 60.9 Å². The van der Waals surface area contributed by atoms with E-state index >= 15 is 0 Å². The van der Waals surface area contributed by atoms with Crippen LogP contribution in [-0.2, 0) is 41.1 Å². The van der Waals surface area contributed by atoms with Crippen LogP contribution in [0.15, 0.2) is 29.2 Å². The zero-order valence-electron chi connectivity index (χ0n) is 15.3. The normalized spacial score (nSPS) is 30.8. The third-order valence-corrected chi connectivity index (χ3v) is 8.55. The number of ether oxygens (including phenoxy) is 4. The number of hydrogen-bond acceptors (Lipinski definition) is 9. The topological polar surface area (TPSA) is 114 Å². The van der Waals surface area contributed by atoms with E-state index < -0.39 is 48.4 Å². The average Bonchev–Trinajstić information content (AvgIpc) is 2.90. The Kier molecular flexibility index (Phi) is 5.40. The molecule has 1 aromatic carbocycles. The van der Waals surface area contributed by atoms with Gasteiger partial charge < -0.3 is 18.9 Å². The van der Waals surface area contributed by atoms with E-state index in [1.807, 2.05) is 0 Å². The molecule has 2 aliphatic heterocycles. The maximum absolute atomic E-state index is 12.6. The summed E-state index contributed by atoms with van der Waals surface area (Å²) >= 11 is 0. The average molecular weight is 422 g/mol. The van der Waals surface area contributed by atoms with E-state index in [-0.39, 0.29) is 11.5 Å². The molecule has 0 radical (unpaired) electrons. The van der Waals surface area contributed by atoms with E-state index in [1.165, 1.54) is 31.4 Å². The van der Waals surface area contributed by atoms with Gasteiger partial charge in [-0.25, -0.2) is 12.6 Å². The summed E-state index contributed by atoms with van der Waals surface area (Å²) in [5, 5.41) is 0. The first-order valence-electron chi connectivity index (χ1n) is 8.22. The molecule has 0 N–H and O–H groups in total. The molecule has 0 amide bonds. The Bertz CT molecular complexity index is 890. The van der Waals surface area contributed by atoms with Crippen molar-refractivity contribution in [3.05, 3.63) is 29.8 Å². The minimum Gasteiger partial charge on any atom is -0.353 e. The van der Waals surface area contributed by atoms with E-state index in [0.717, 1.165) is 5.56 Å². The highest BCUT2D eigenvalue weighted by molar-refractivity contribution is 8.65. The van der Waals surface area contributed by atoms with E-state index in [4.69, 9.17) is 23.1 Å². The molecule has 152 valence electrons. The molecule has 0 spiro atoms. The van der Waals surface area contributed by atoms with E-state index in [0.29, 0.717) is 0 Å². The van der Waals surface area contributed by atoms with Gasteiger partial charge in [0.15, 0.2) is 18.2 Å². The van der Waals surface area contributed by atoms with Gasteiger partial charge in [0.05, 0.1) is 11.5 Å². The van der Waals surface area contributed by atoms with Crippen LogP contribution in [0.1, 0.15) is 19.4 Å². The van der Waals surface area contributed by atoms with Crippen molar-refractivity contribution in [3.63, 3.8) is 0 Å². The summed E-state index contributed by atoms with van der Waals surface area (Å²) in [6, 6.07) is 5.41. The molecule has 0 unspecified atom stereocenters. The summed E-state index contributed by atoms with van der Waals surface area (Å²) in [4.78, 5) is -0.390. The van der Waals surface area contributed by atoms with Gasteiger partial charge in [-0.1, -0.05) is 17.7 Å². The van der Waals surface area contributed by atoms with Gasteiger partial charge in [-0.2, -0.15) is 8.42 Å². The second-order valence-corrected chi connectivity index (χ2v) is 11.7. The minimum atomic E-state index is -5.07. The first-order chi connectivity index (χ1) is 12.5. The molecule has 4 atom stereocenters. The quantitative estimate of drug-likeness (QED) is 0.639.